The number of rotatable bonds is 3. The molecule has 1 aromatic carbocycles. The van der Waals surface area contributed by atoms with E-state index in [-0.39, 0.29) is 17.3 Å². The number of thioether (sulfide) groups is 1. The van der Waals surface area contributed by atoms with Crippen LogP contribution in [-0.4, -0.2) is 34.9 Å². The molecule has 21 heavy (non-hydrogen) atoms. The molecule has 1 aliphatic rings. The topological polar surface area (TPSA) is 49.4 Å². The Balaban J connectivity index is 2.11. The zero-order valence-corrected chi connectivity index (χ0v) is 11.9. The highest BCUT2D eigenvalue weighted by molar-refractivity contribution is 8.14. The molecule has 1 aromatic rings. The first kappa shape index (κ1) is 15.7. The van der Waals surface area contributed by atoms with Gasteiger partial charge in [0.15, 0.2) is 0 Å². The number of likely N-dealkylation sites (N-methyl/N-ethyl adjacent to an activating group) is 1. The van der Waals surface area contributed by atoms with Gasteiger partial charge in [0.2, 0.25) is 5.91 Å². The van der Waals surface area contributed by atoms with Crippen molar-refractivity contribution in [2.45, 2.75) is 18.8 Å². The molecule has 0 bridgehead atoms. The highest BCUT2D eigenvalue weighted by Gasteiger charge is 2.34. The van der Waals surface area contributed by atoms with Gasteiger partial charge in [0.25, 0.3) is 5.24 Å². The number of benzene rings is 1. The number of carbonyl (C=O) groups excluding carboxylic acids is 2. The fourth-order valence-electron chi connectivity index (χ4n) is 2.05. The van der Waals surface area contributed by atoms with Crippen molar-refractivity contribution in [1.82, 2.24) is 10.2 Å². The SMILES string of the molecule is CN(Cc1ccccc1C(F)(F)F)C(=O)C1CSC(=O)N1. The summed E-state index contributed by atoms with van der Waals surface area (Å²) < 4.78 is 38.7. The Morgan fingerprint density at radius 3 is 2.67 bits per heavy atom. The summed E-state index contributed by atoms with van der Waals surface area (Å²) >= 11 is 0.987. The molecule has 2 amide bonds. The number of alkyl halides is 3. The van der Waals surface area contributed by atoms with Crippen LogP contribution < -0.4 is 5.32 Å². The van der Waals surface area contributed by atoms with Gasteiger partial charge in [-0.2, -0.15) is 13.2 Å². The van der Waals surface area contributed by atoms with Crippen molar-refractivity contribution in [2.75, 3.05) is 12.8 Å². The molecule has 114 valence electrons. The molecule has 1 aliphatic heterocycles. The lowest BCUT2D eigenvalue weighted by molar-refractivity contribution is -0.139. The van der Waals surface area contributed by atoms with E-state index in [0.717, 1.165) is 17.8 Å². The second kappa shape index (κ2) is 5.97. The summed E-state index contributed by atoms with van der Waals surface area (Å²) in [6.07, 6.45) is -4.46. The predicted octanol–water partition coefficient (Wildman–Crippen LogP) is 2.49. The third kappa shape index (κ3) is 3.69. The zero-order valence-electron chi connectivity index (χ0n) is 11.1. The van der Waals surface area contributed by atoms with E-state index < -0.39 is 23.7 Å². The zero-order chi connectivity index (χ0) is 15.6. The number of hydrogen-bond donors (Lipinski definition) is 1. The minimum Gasteiger partial charge on any atom is -0.340 e. The summed E-state index contributed by atoms with van der Waals surface area (Å²) in [5.74, 6) is -0.103. The van der Waals surface area contributed by atoms with E-state index in [9.17, 15) is 22.8 Å². The lowest BCUT2D eigenvalue weighted by Gasteiger charge is -2.22. The van der Waals surface area contributed by atoms with Gasteiger partial charge in [-0.3, -0.25) is 9.59 Å². The van der Waals surface area contributed by atoms with E-state index in [4.69, 9.17) is 0 Å². The molecule has 4 nitrogen and oxygen atoms in total. The van der Waals surface area contributed by atoms with Gasteiger partial charge in [-0.15, -0.1) is 0 Å². The summed E-state index contributed by atoms with van der Waals surface area (Å²) in [5.41, 5.74) is -0.729. The first-order chi connectivity index (χ1) is 9.79. The van der Waals surface area contributed by atoms with Crippen LogP contribution in [0.2, 0.25) is 0 Å². The largest absolute Gasteiger partial charge is 0.416 e. The summed E-state index contributed by atoms with van der Waals surface area (Å²) in [6, 6.07) is 4.46. The summed E-state index contributed by atoms with van der Waals surface area (Å²) in [5, 5.41) is 2.18. The first-order valence-electron chi connectivity index (χ1n) is 6.12. The molecule has 8 heteroatoms. The quantitative estimate of drug-likeness (QED) is 0.931. The predicted molar refractivity (Wildman–Crippen MR) is 72.7 cm³/mol. The second-order valence-corrected chi connectivity index (χ2v) is 5.64. The molecule has 1 atom stereocenters. The van der Waals surface area contributed by atoms with Crippen molar-refractivity contribution >= 4 is 22.9 Å². The van der Waals surface area contributed by atoms with E-state index in [1.54, 1.807) is 0 Å². The molecular formula is C13H13F3N2O2S. The van der Waals surface area contributed by atoms with Gasteiger partial charge in [0.1, 0.15) is 6.04 Å². The minimum atomic E-state index is -4.46. The Morgan fingerprint density at radius 1 is 1.43 bits per heavy atom. The smallest absolute Gasteiger partial charge is 0.340 e. The van der Waals surface area contributed by atoms with Gasteiger partial charge in [-0.1, -0.05) is 30.0 Å². The van der Waals surface area contributed by atoms with Crippen LogP contribution >= 0.6 is 11.8 Å². The van der Waals surface area contributed by atoms with Crippen LogP contribution in [0.1, 0.15) is 11.1 Å². The van der Waals surface area contributed by atoms with Gasteiger partial charge in [-0.05, 0) is 11.6 Å². The number of amides is 2. The lowest BCUT2D eigenvalue weighted by atomic mass is 10.1. The average Bonchev–Trinajstić information content (AvgIpc) is 2.84. The monoisotopic (exact) mass is 318 g/mol. The average molecular weight is 318 g/mol. The minimum absolute atomic E-state index is 0.0258. The van der Waals surface area contributed by atoms with Crippen LogP contribution in [0.5, 0.6) is 0 Å². The lowest BCUT2D eigenvalue weighted by Crippen LogP contribution is -2.43. The van der Waals surface area contributed by atoms with Gasteiger partial charge >= 0.3 is 6.18 Å². The summed E-state index contributed by atoms with van der Waals surface area (Å²) in [7, 11) is 1.42. The molecule has 1 heterocycles. The molecule has 0 saturated carbocycles. The van der Waals surface area contributed by atoms with E-state index >= 15 is 0 Å². The van der Waals surface area contributed by atoms with Crippen molar-refractivity contribution < 1.29 is 22.8 Å². The van der Waals surface area contributed by atoms with Crippen molar-refractivity contribution in [3.63, 3.8) is 0 Å². The standard InChI is InChI=1S/C13H13F3N2O2S/c1-18(11(19)10-7-21-12(20)17-10)6-8-4-2-3-5-9(8)13(14,15)16/h2-5,10H,6-7H2,1H3,(H,17,20). The fraction of sp³-hybridized carbons (Fsp3) is 0.385. The van der Waals surface area contributed by atoms with Crippen molar-refractivity contribution in [1.29, 1.82) is 0 Å². The Labute approximate surface area is 123 Å². The maximum Gasteiger partial charge on any atom is 0.416 e. The van der Waals surface area contributed by atoms with E-state index in [2.05, 4.69) is 5.32 Å². The number of carbonyl (C=O) groups is 2. The summed E-state index contributed by atoms with van der Waals surface area (Å²) in [6.45, 7) is -0.161. The highest BCUT2D eigenvalue weighted by Crippen LogP contribution is 2.32. The van der Waals surface area contributed by atoms with Gasteiger partial charge < -0.3 is 10.2 Å². The molecule has 2 rings (SSSR count). The first-order valence-corrected chi connectivity index (χ1v) is 7.11. The van der Waals surface area contributed by atoms with E-state index in [1.165, 1.54) is 30.1 Å². The van der Waals surface area contributed by atoms with Crippen LogP contribution in [0.3, 0.4) is 0 Å². The molecule has 1 fully saturated rings. The van der Waals surface area contributed by atoms with Gasteiger partial charge in [-0.25, -0.2) is 0 Å². The molecule has 1 saturated heterocycles. The van der Waals surface area contributed by atoms with E-state index in [0.29, 0.717) is 5.75 Å². The van der Waals surface area contributed by atoms with Crippen LogP contribution in [0, 0.1) is 0 Å². The summed E-state index contributed by atoms with van der Waals surface area (Å²) in [4.78, 5) is 24.3. The van der Waals surface area contributed by atoms with Gasteiger partial charge in [0.05, 0.1) is 5.56 Å². The third-order valence-electron chi connectivity index (χ3n) is 3.08. The Morgan fingerprint density at radius 2 is 2.10 bits per heavy atom. The maximum absolute atomic E-state index is 12.9. The molecular weight excluding hydrogens is 305 g/mol. The second-order valence-electron chi connectivity index (χ2n) is 4.64. The Hall–Kier alpha value is -1.70. The van der Waals surface area contributed by atoms with Crippen molar-refractivity contribution in [3.8, 4) is 0 Å². The molecule has 0 radical (unpaired) electrons. The molecule has 0 aromatic heterocycles. The maximum atomic E-state index is 12.9. The normalized spacial score (nSPS) is 18.5. The van der Waals surface area contributed by atoms with Crippen LogP contribution in [0.15, 0.2) is 24.3 Å². The van der Waals surface area contributed by atoms with Crippen LogP contribution in [0.25, 0.3) is 0 Å². The van der Waals surface area contributed by atoms with Crippen molar-refractivity contribution in [2.24, 2.45) is 0 Å². The Kier molecular flexibility index (Phi) is 4.46. The number of hydrogen-bond acceptors (Lipinski definition) is 3. The number of nitrogens with one attached hydrogen (secondary N) is 1. The van der Waals surface area contributed by atoms with Crippen LogP contribution in [0.4, 0.5) is 18.0 Å². The van der Waals surface area contributed by atoms with E-state index in [1.807, 2.05) is 0 Å². The van der Waals surface area contributed by atoms with Gasteiger partial charge in [0, 0.05) is 19.3 Å². The Bertz CT molecular complexity index is 563. The number of nitrogens with zero attached hydrogens (tertiary/aromatic N) is 1. The van der Waals surface area contributed by atoms with Crippen LogP contribution in [-0.2, 0) is 17.5 Å². The molecule has 0 spiro atoms. The number of halogens is 3. The highest BCUT2D eigenvalue weighted by atomic mass is 32.2. The third-order valence-corrected chi connectivity index (χ3v) is 3.96. The van der Waals surface area contributed by atoms with Crippen molar-refractivity contribution in [3.05, 3.63) is 35.4 Å². The molecule has 0 aliphatic carbocycles. The fourth-order valence-corrected chi connectivity index (χ4v) is 2.82. The molecule has 1 unspecified atom stereocenters. The molecule has 1 N–H and O–H groups in total.